The predicted octanol–water partition coefficient (Wildman–Crippen LogP) is 2.84. The molecule has 0 aromatic carbocycles. The van der Waals surface area contributed by atoms with Crippen LogP contribution in [0.4, 0.5) is 0 Å². The Labute approximate surface area is 107 Å². The van der Waals surface area contributed by atoms with Crippen molar-refractivity contribution in [2.24, 2.45) is 22.7 Å². The molecule has 0 aromatic heterocycles. The Hall–Kier alpha value is -1.18. The number of allylic oxidation sites excluding steroid dienone is 4. The fourth-order valence-corrected chi connectivity index (χ4v) is 5.06. The molecule has 4 aliphatic carbocycles. The van der Waals surface area contributed by atoms with Crippen LogP contribution < -0.4 is 0 Å². The lowest BCUT2D eigenvalue weighted by Crippen LogP contribution is -2.36. The molecule has 0 aliphatic heterocycles. The highest BCUT2D eigenvalue weighted by Crippen LogP contribution is 2.75. The molecule has 0 saturated heterocycles. The van der Waals surface area contributed by atoms with Crippen LogP contribution >= 0.6 is 0 Å². The zero-order chi connectivity index (χ0) is 12.7. The van der Waals surface area contributed by atoms with Crippen molar-refractivity contribution in [2.45, 2.75) is 39.5 Å². The van der Waals surface area contributed by atoms with Crippen molar-refractivity contribution in [3.63, 3.8) is 0 Å². The van der Waals surface area contributed by atoms with Crippen LogP contribution in [0.5, 0.6) is 0 Å². The molecule has 0 aromatic rings. The van der Waals surface area contributed by atoms with E-state index < -0.39 is 0 Å². The van der Waals surface area contributed by atoms with Crippen LogP contribution in [-0.2, 0) is 9.59 Å². The van der Waals surface area contributed by atoms with Crippen LogP contribution in [0.3, 0.4) is 0 Å². The molecule has 2 heteroatoms. The lowest BCUT2D eigenvalue weighted by Gasteiger charge is -2.42. The molecule has 0 N–H and O–H groups in total. The summed E-state index contributed by atoms with van der Waals surface area (Å²) in [6.45, 7) is 4.71. The molecule has 0 bridgehead atoms. The van der Waals surface area contributed by atoms with Crippen molar-refractivity contribution < 1.29 is 9.59 Å². The highest BCUT2D eigenvalue weighted by atomic mass is 16.1. The number of carbonyl (C=O) groups excluding carboxylic acids is 2. The largest absolute Gasteiger partial charge is 0.290 e. The molecule has 4 rings (SSSR count). The molecule has 2 nitrogen and oxygen atoms in total. The predicted molar refractivity (Wildman–Crippen MR) is 67.8 cm³/mol. The number of ketones is 2. The maximum Gasteiger partial charge on any atom is 0.182 e. The summed E-state index contributed by atoms with van der Waals surface area (Å²) in [5.74, 6) is 1.61. The third kappa shape index (κ3) is 1.10. The molecule has 2 fully saturated rings. The van der Waals surface area contributed by atoms with E-state index in [1.54, 1.807) is 0 Å². The first-order valence-electron chi connectivity index (χ1n) is 6.93. The standard InChI is InChI=1S/C16H18O2/c1-15-6-9-7-16(9,2)14(15)5-10-11(8-15)13(18)4-3-12(10)17/h3-4,9,14H,5-8H2,1-2H3. The highest BCUT2D eigenvalue weighted by molar-refractivity contribution is 6.20. The summed E-state index contributed by atoms with van der Waals surface area (Å²) >= 11 is 0. The van der Waals surface area contributed by atoms with Gasteiger partial charge in [-0.05, 0) is 60.5 Å². The lowest BCUT2D eigenvalue weighted by atomic mass is 9.61. The van der Waals surface area contributed by atoms with Gasteiger partial charge < -0.3 is 0 Å². The van der Waals surface area contributed by atoms with Crippen molar-refractivity contribution >= 4 is 11.6 Å². The highest BCUT2D eigenvalue weighted by Gasteiger charge is 2.68. The van der Waals surface area contributed by atoms with Crippen LogP contribution in [0.25, 0.3) is 0 Å². The Balaban J connectivity index is 1.80. The van der Waals surface area contributed by atoms with Crippen molar-refractivity contribution in [3.8, 4) is 0 Å². The average Bonchev–Trinajstić information content (AvgIpc) is 2.88. The van der Waals surface area contributed by atoms with Gasteiger partial charge in [0.15, 0.2) is 11.6 Å². The number of fused-ring (bicyclic) bond motifs is 3. The Bertz CT molecular complexity index is 553. The van der Waals surface area contributed by atoms with Crippen LogP contribution in [0, 0.1) is 22.7 Å². The average molecular weight is 242 g/mol. The van der Waals surface area contributed by atoms with Gasteiger partial charge in [0.1, 0.15) is 0 Å². The molecule has 0 radical (unpaired) electrons. The zero-order valence-corrected chi connectivity index (χ0v) is 11.0. The second-order valence-corrected chi connectivity index (χ2v) is 7.22. The second-order valence-electron chi connectivity index (χ2n) is 7.22. The summed E-state index contributed by atoms with van der Waals surface area (Å²) in [5, 5.41) is 0. The van der Waals surface area contributed by atoms with Gasteiger partial charge in [0, 0.05) is 11.1 Å². The van der Waals surface area contributed by atoms with E-state index in [1.807, 2.05) is 0 Å². The molecule has 0 amide bonds. The van der Waals surface area contributed by atoms with Gasteiger partial charge in [-0.1, -0.05) is 13.8 Å². The Kier molecular flexibility index (Phi) is 1.71. The van der Waals surface area contributed by atoms with Crippen LogP contribution in [-0.4, -0.2) is 11.6 Å². The molecule has 0 heterocycles. The molecule has 4 aliphatic rings. The number of hydrogen-bond donors (Lipinski definition) is 0. The van der Waals surface area contributed by atoms with Gasteiger partial charge in [-0.3, -0.25) is 9.59 Å². The van der Waals surface area contributed by atoms with Gasteiger partial charge in [0.2, 0.25) is 0 Å². The van der Waals surface area contributed by atoms with Crippen LogP contribution in [0.1, 0.15) is 39.5 Å². The summed E-state index contributed by atoms with van der Waals surface area (Å²) in [6.07, 6.45) is 7.17. The van der Waals surface area contributed by atoms with E-state index >= 15 is 0 Å². The van der Waals surface area contributed by atoms with Crippen molar-refractivity contribution in [3.05, 3.63) is 23.3 Å². The smallest absolute Gasteiger partial charge is 0.182 e. The van der Waals surface area contributed by atoms with Crippen molar-refractivity contribution in [1.29, 1.82) is 0 Å². The summed E-state index contributed by atoms with van der Waals surface area (Å²) in [6, 6.07) is 0. The molecular formula is C16H18O2. The van der Waals surface area contributed by atoms with Gasteiger partial charge in [0.25, 0.3) is 0 Å². The minimum atomic E-state index is 0.0787. The minimum absolute atomic E-state index is 0.0787. The molecule has 4 atom stereocenters. The summed E-state index contributed by atoms with van der Waals surface area (Å²) in [7, 11) is 0. The van der Waals surface area contributed by atoms with Gasteiger partial charge >= 0.3 is 0 Å². The first kappa shape index (κ1) is 10.7. The van der Waals surface area contributed by atoms with E-state index in [2.05, 4.69) is 13.8 Å². The fraction of sp³-hybridized carbons (Fsp3) is 0.625. The van der Waals surface area contributed by atoms with Gasteiger partial charge in [0.05, 0.1) is 0 Å². The van der Waals surface area contributed by atoms with E-state index in [-0.39, 0.29) is 17.0 Å². The number of carbonyl (C=O) groups is 2. The third-order valence-corrected chi connectivity index (χ3v) is 6.14. The van der Waals surface area contributed by atoms with E-state index in [0.29, 0.717) is 11.3 Å². The summed E-state index contributed by atoms with van der Waals surface area (Å²) in [5.41, 5.74) is 2.37. The quantitative estimate of drug-likeness (QED) is 0.612. The fourth-order valence-electron chi connectivity index (χ4n) is 5.06. The first-order chi connectivity index (χ1) is 8.44. The van der Waals surface area contributed by atoms with E-state index in [0.717, 1.165) is 29.9 Å². The molecule has 18 heavy (non-hydrogen) atoms. The van der Waals surface area contributed by atoms with Crippen LogP contribution in [0.15, 0.2) is 23.3 Å². The van der Waals surface area contributed by atoms with E-state index in [1.165, 1.54) is 25.0 Å². The Morgan fingerprint density at radius 1 is 1.06 bits per heavy atom. The second kappa shape index (κ2) is 2.87. The molecule has 0 spiro atoms. The van der Waals surface area contributed by atoms with E-state index in [4.69, 9.17) is 0 Å². The van der Waals surface area contributed by atoms with Crippen molar-refractivity contribution in [1.82, 2.24) is 0 Å². The molecular weight excluding hydrogens is 224 g/mol. The monoisotopic (exact) mass is 242 g/mol. The summed E-state index contributed by atoms with van der Waals surface area (Å²) < 4.78 is 0. The van der Waals surface area contributed by atoms with Gasteiger partial charge in [-0.15, -0.1) is 0 Å². The zero-order valence-electron chi connectivity index (χ0n) is 11.0. The molecule has 2 saturated carbocycles. The van der Waals surface area contributed by atoms with Crippen molar-refractivity contribution in [2.75, 3.05) is 0 Å². The minimum Gasteiger partial charge on any atom is -0.290 e. The number of hydrogen-bond acceptors (Lipinski definition) is 2. The number of rotatable bonds is 0. The Morgan fingerprint density at radius 2 is 1.72 bits per heavy atom. The lowest BCUT2D eigenvalue weighted by molar-refractivity contribution is -0.116. The third-order valence-electron chi connectivity index (χ3n) is 6.14. The van der Waals surface area contributed by atoms with Crippen LogP contribution in [0.2, 0.25) is 0 Å². The Morgan fingerprint density at radius 3 is 2.44 bits per heavy atom. The normalized spacial score (nSPS) is 49.0. The van der Waals surface area contributed by atoms with E-state index in [9.17, 15) is 9.59 Å². The maximum absolute atomic E-state index is 12.0. The molecule has 4 unspecified atom stereocenters. The van der Waals surface area contributed by atoms with Gasteiger partial charge in [-0.2, -0.15) is 0 Å². The first-order valence-corrected chi connectivity index (χ1v) is 6.93. The SMILES string of the molecule is CC12CC3=C(CC1C1(C)CC1C2)C(=O)C=CC3=O. The topological polar surface area (TPSA) is 34.1 Å². The molecule has 94 valence electrons. The maximum atomic E-state index is 12.0. The summed E-state index contributed by atoms with van der Waals surface area (Å²) in [4.78, 5) is 24.0. The van der Waals surface area contributed by atoms with Gasteiger partial charge in [-0.25, -0.2) is 0 Å².